The average Bonchev–Trinajstić information content (AvgIpc) is 2.34. The number of ether oxygens (including phenoxy) is 1. The number of halogens is 1. The van der Waals surface area contributed by atoms with E-state index in [2.05, 4.69) is 5.32 Å². The van der Waals surface area contributed by atoms with E-state index in [9.17, 15) is 13.2 Å². The van der Waals surface area contributed by atoms with Gasteiger partial charge in [0.05, 0.1) is 4.90 Å². The van der Waals surface area contributed by atoms with Crippen LogP contribution in [-0.2, 0) is 20.3 Å². The Morgan fingerprint density at radius 2 is 2.05 bits per heavy atom. The summed E-state index contributed by atoms with van der Waals surface area (Å²) < 4.78 is 27.9. The molecule has 7 heteroatoms. The van der Waals surface area contributed by atoms with Crippen LogP contribution in [0.3, 0.4) is 0 Å². The van der Waals surface area contributed by atoms with Crippen molar-refractivity contribution in [3.63, 3.8) is 0 Å². The van der Waals surface area contributed by atoms with E-state index in [4.69, 9.17) is 15.4 Å². The zero-order valence-corrected chi connectivity index (χ0v) is 13.2. The molecule has 0 heterocycles. The number of rotatable bonds is 6. The van der Waals surface area contributed by atoms with Crippen molar-refractivity contribution in [3.05, 3.63) is 23.8 Å². The molecule has 1 amide bonds. The van der Waals surface area contributed by atoms with Crippen LogP contribution in [0.2, 0.25) is 0 Å². The Kier molecular flexibility index (Phi) is 5.83. The summed E-state index contributed by atoms with van der Waals surface area (Å²) in [5.74, 6) is 0.256. The summed E-state index contributed by atoms with van der Waals surface area (Å²) in [5.41, 5.74) is 0.684. The molecule has 1 aromatic carbocycles. The van der Waals surface area contributed by atoms with Gasteiger partial charge in [-0.25, -0.2) is 8.42 Å². The molecule has 0 spiro atoms. The first-order valence-electron chi connectivity index (χ1n) is 6.23. The lowest BCUT2D eigenvalue weighted by atomic mass is 10.1. The van der Waals surface area contributed by atoms with Crippen LogP contribution in [0.25, 0.3) is 0 Å². The molecule has 5 nitrogen and oxygen atoms in total. The molecule has 1 rings (SSSR count). The number of amides is 1. The van der Waals surface area contributed by atoms with E-state index < -0.39 is 9.05 Å². The normalized spacial score (nSPS) is 11.4. The molecule has 0 bridgehead atoms. The summed E-state index contributed by atoms with van der Waals surface area (Å²) in [6.07, 6.45) is 0.571. The van der Waals surface area contributed by atoms with Gasteiger partial charge in [0.25, 0.3) is 15.0 Å². The zero-order valence-electron chi connectivity index (χ0n) is 11.6. The Morgan fingerprint density at radius 1 is 1.40 bits per heavy atom. The predicted octanol–water partition coefficient (Wildman–Crippen LogP) is 2.08. The fraction of sp³-hybridized carbons (Fsp3) is 0.462. The number of nitrogens with one attached hydrogen (secondary N) is 1. The van der Waals surface area contributed by atoms with Gasteiger partial charge in [0.1, 0.15) is 5.75 Å². The SMILES string of the molecule is CCc1cc(S(=O)(=O)Cl)ccc1OCC(=O)NC(C)C. The van der Waals surface area contributed by atoms with Crippen molar-refractivity contribution in [1.29, 1.82) is 0 Å². The summed E-state index contributed by atoms with van der Waals surface area (Å²) in [5, 5.41) is 2.71. The van der Waals surface area contributed by atoms with Gasteiger partial charge >= 0.3 is 0 Å². The Bertz CT molecular complexity index is 584. The standard InChI is InChI=1S/C13H18ClNO4S/c1-4-10-7-11(20(14,17)18)5-6-12(10)19-8-13(16)15-9(2)3/h5-7,9H,4,8H2,1-3H3,(H,15,16). The van der Waals surface area contributed by atoms with Crippen LogP contribution >= 0.6 is 10.7 Å². The van der Waals surface area contributed by atoms with Gasteiger partial charge in [-0.05, 0) is 44.0 Å². The molecule has 0 fully saturated rings. The highest BCUT2D eigenvalue weighted by atomic mass is 35.7. The maximum absolute atomic E-state index is 11.5. The molecule has 0 unspecified atom stereocenters. The third-order valence-corrected chi connectivity index (χ3v) is 3.85. The van der Waals surface area contributed by atoms with Crippen LogP contribution in [0.5, 0.6) is 5.75 Å². The summed E-state index contributed by atoms with van der Waals surface area (Å²) in [4.78, 5) is 11.5. The molecule has 0 aromatic heterocycles. The first-order valence-corrected chi connectivity index (χ1v) is 8.54. The van der Waals surface area contributed by atoms with E-state index in [0.717, 1.165) is 0 Å². The molecule has 0 aliphatic heterocycles. The highest BCUT2D eigenvalue weighted by Gasteiger charge is 2.14. The van der Waals surface area contributed by atoms with E-state index >= 15 is 0 Å². The molecule has 20 heavy (non-hydrogen) atoms. The molecule has 1 aromatic rings. The van der Waals surface area contributed by atoms with Gasteiger partial charge in [0.15, 0.2) is 6.61 Å². The van der Waals surface area contributed by atoms with Crippen molar-refractivity contribution >= 4 is 25.6 Å². The number of carbonyl (C=O) groups is 1. The lowest BCUT2D eigenvalue weighted by molar-refractivity contribution is -0.123. The van der Waals surface area contributed by atoms with E-state index in [-0.39, 0.29) is 23.5 Å². The molecular weight excluding hydrogens is 302 g/mol. The van der Waals surface area contributed by atoms with Crippen LogP contribution < -0.4 is 10.1 Å². The minimum absolute atomic E-state index is 0.0231. The molecule has 0 aliphatic rings. The first kappa shape index (κ1) is 16.8. The van der Waals surface area contributed by atoms with Crippen molar-refractivity contribution in [2.75, 3.05) is 6.61 Å². The van der Waals surface area contributed by atoms with Gasteiger partial charge in [-0.3, -0.25) is 4.79 Å². The van der Waals surface area contributed by atoms with E-state index in [1.807, 2.05) is 20.8 Å². The highest BCUT2D eigenvalue weighted by Crippen LogP contribution is 2.25. The van der Waals surface area contributed by atoms with Crippen molar-refractivity contribution in [3.8, 4) is 5.75 Å². The Balaban J connectivity index is 2.84. The second kappa shape index (κ2) is 6.95. The lowest BCUT2D eigenvalue weighted by Gasteiger charge is -2.12. The number of hydrogen-bond donors (Lipinski definition) is 1. The minimum Gasteiger partial charge on any atom is -0.483 e. The van der Waals surface area contributed by atoms with Gasteiger partial charge < -0.3 is 10.1 Å². The minimum atomic E-state index is -3.76. The monoisotopic (exact) mass is 319 g/mol. The molecule has 0 aliphatic carbocycles. The highest BCUT2D eigenvalue weighted by molar-refractivity contribution is 8.13. The van der Waals surface area contributed by atoms with Gasteiger partial charge in [0, 0.05) is 16.7 Å². The second-order valence-electron chi connectivity index (χ2n) is 4.57. The molecular formula is C13H18ClNO4S. The molecule has 112 valence electrons. The van der Waals surface area contributed by atoms with Crippen molar-refractivity contribution in [2.24, 2.45) is 0 Å². The maximum atomic E-state index is 11.5. The van der Waals surface area contributed by atoms with Crippen LogP contribution in [0, 0.1) is 0 Å². The average molecular weight is 320 g/mol. The van der Waals surface area contributed by atoms with Crippen LogP contribution in [0.1, 0.15) is 26.3 Å². The third kappa shape index (κ3) is 5.02. The first-order chi connectivity index (χ1) is 9.24. The smallest absolute Gasteiger partial charge is 0.261 e. The number of benzene rings is 1. The molecule has 0 atom stereocenters. The number of hydrogen-bond acceptors (Lipinski definition) is 4. The fourth-order valence-corrected chi connectivity index (χ4v) is 2.43. The summed E-state index contributed by atoms with van der Waals surface area (Å²) in [6, 6.07) is 4.37. The van der Waals surface area contributed by atoms with Gasteiger partial charge in [-0.1, -0.05) is 6.92 Å². The van der Waals surface area contributed by atoms with Crippen molar-refractivity contribution in [2.45, 2.75) is 38.1 Å². The Hall–Kier alpha value is -1.27. The summed E-state index contributed by atoms with van der Waals surface area (Å²) in [6.45, 7) is 5.46. The summed E-state index contributed by atoms with van der Waals surface area (Å²) >= 11 is 0. The third-order valence-electron chi connectivity index (χ3n) is 2.50. The van der Waals surface area contributed by atoms with E-state index in [1.165, 1.54) is 18.2 Å². The van der Waals surface area contributed by atoms with Gasteiger partial charge in [-0.2, -0.15) is 0 Å². The topological polar surface area (TPSA) is 72.5 Å². The molecule has 1 N–H and O–H groups in total. The largest absolute Gasteiger partial charge is 0.483 e. The predicted molar refractivity (Wildman–Crippen MR) is 77.6 cm³/mol. The molecule has 0 saturated heterocycles. The van der Waals surface area contributed by atoms with Gasteiger partial charge in [-0.15, -0.1) is 0 Å². The Morgan fingerprint density at radius 3 is 2.55 bits per heavy atom. The number of carbonyl (C=O) groups excluding carboxylic acids is 1. The Labute approximate surface area is 123 Å². The van der Waals surface area contributed by atoms with Crippen molar-refractivity contribution < 1.29 is 17.9 Å². The van der Waals surface area contributed by atoms with Crippen LogP contribution in [0.4, 0.5) is 0 Å². The lowest BCUT2D eigenvalue weighted by Crippen LogP contribution is -2.34. The number of aryl methyl sites for hydroxylation is 1. The second-order valence-corrected chi connectivity index (χ2v) is 7.14. The fourth-order valence-electron chi connectivity index (χ4n) is 1.63. The van der Waals surface area contributed by atoms with Crippen molar-refractivity contribution in [1.82, 2.24) is 5.32 Å². The van der Waals surface area contributed by atoms with E-state index in [0.29, 0.717) is 17.7 Å². The maximum Gasteiger partial charge on any atom is 0.261 e. The summed E-state index contributed by atoms with van der Waals surface area (Å²) in [7, 11) is 1.53. The van der Waals surface area contributed by atoms with Crippen LogP contribution in [-0.4, -0.2) is 27.0 Å². The molecule has 0 saturated carbocycles. The van der Waals surface area contributed by atoms with Crippen LogP contribution in [0.15, 0.2) is 23.1 Å². The quantitative estimate of drug-likeness (QED) is 0.815. The molecule has 0 radical (unpaired) electrons. The zero-order chi connectivity index (χ0) is 15.3. The van der Waals surface area contributed by atoms with Gasteiger partial charge in [0.2, 0.25) is 0 Å². The van der Waals surface area contributed by atoms with E-state index in [1.54, 1.807) is 0 Å².